The molecule has 1 aliphatic rings. The molecule has 4 heteroatoms. The van der Waals surface area contributed by atoms with Crippen LogP contribution in [0, 0.1) is 0 Å². The van der Waals surface area contributed by atoms with Crippen molar-refractivity contribution < 1.29 is 14.3 Å². The highest BCUT2D eigenvalue weighted by Crippen LogP contribution is 2.22. The molecular weight excluding hydrogens is 182 g/mol. The van der Waals surface area contributed by atoms with Crippen molar-refractivity contribution >= 4 is 6.09 Å². The molecule has 1 fully saturated rings. The maximum Gasteiger partial charge on any atom is 0.410 e. The highest BCUT2D eigenvalue weighted by atomic mass is 16.6. The first-order valence-corrected chi connectivity index (χ1v) is 4.87. The maximum absolute atomic E-state index is 11.6. The van der Waals surface area contributed by atoms with Gasteiger partial charge in [-0.05, 0) is 27.7 Å². The Morgan fingerprint density at radius 1 is 1.43 bits per heavy atom. The second-order valence-electron chi connectivity index (χ2n) is 4.65. The Morgan fingerprint density at radius 3 is 2.36 bits per heavy atom. The van der Waals surface area contributed by atoms with Gasteiger partial charge in [0.2, 0.25) is 0 Å². The van der Waals surface area contributed by atoms with Gasteiger partial charge in [-0.15, -0.1) is 0 Å². The van der Waals surface area contributed by atoms with Gasteiger partial charge in [0, 0.05) is 7.11 Å². The fourth-order valence-electron chi connectivity index (χ4n) is 1.41. The van der Waals surface area contributed by atoms with Crippen molar-refractivity contribution in [3.05, 3.63) is 0 Å². The zero-order valence-corrected chi connectivity index (χ0v) is 9.53. The Morgan fingerprint density at radius 2 is 2.00 bits per heavy atom. The number of nitrogens with zero attached hydrogens (tertiary/aromatic N) is 1. The van der Waals surface area contributed by atoms with Crippen molar-refractivity contribution in [3.8, 4) is 0 Å². The Labute approximate surface area is 85.2 Å². The van der Waals surface area contributed by atoms with E-state index < -0.39 is 5.60 Å². The lowest BCUT2D eigenvalue weighted by molar-refractivity contribution is -0.0811. The summed E-state index contributed by atoms with van der Waals surface area (Å²) in [6.45, 7) is 8.18. The Kier molecular flexibility index (Phi) is 3.04. The van der Waals surface area contributed by atoms with Crippen LogP contribution in [0.3, 0.4) is 0 Å². The predicted octanol–water partition coefficient (Wildman–Crippen LogP) is 1.64. The summed E-state index contributed by atoms with van der Waals surface area (Å²) in [6.07, 6.45) is -0.0965. The zero-order valence-electron chi connectivity index (χ0n) is 9.53. The highest BCUT2D eigenvalue weighted by Gasteiger charge is 2.40. The van der Waals surface area contributed by atoms with Gasteiger partial charge in [0.15, 0.2) is 0 Å². The fourth-order valence-corrected chi connectivity index (χ4v) is 1.41. The molecule has 1 saturated heterocycles. The molecule has 2 atom stereocenters. The second kappa shape index (κ2) is 3.77. The van der Waals surface area contributed by atoms with Crippen molar-refractivity contribution in [2.24, 2.45) is 0 Å². The summed E-state index contributed by atoms with van der Waals surface area (Å²) >= 11 is 0. The first kappa shape index (κ1) is 11.3. The summed E-state index contributed by atoms with van der Waals surface area (Å²) in [5, 5.41) is 0. The number of hydrogen-bond donors (Lipinski definition) is 0. The molecule has 1 aliphatic heterocycles. The lowest BCUT2D eigenvalue weighted by atomic mass is 10.0. The molecule has 0 aliphatic carbocycles. The van der Waals surface area contributed by atoms with Crippen LogP contribution in [0.1, 0.15) is 27.7 Å². The molecule has 1 heterocycles. The number of hydrogen-bond acceptors (Lipinski definition) is 3. The van der Waals surface area contributed by atoms with Crippen molar-refractivity contribution in [2.45, 2.75) is 45.4 Å². The van der Waals surface area contributed by atoms with E-state index in [1.54, 1.807) is 12.0 Å². The van der Waals surface area contributed by atoms with Crippen molar-refractivity contribution in [3.63, 3.8) is 0 Å². The lowest BCUT2D eigenvalue weighted by Gasteiger charge is -2.45. The number of methoxy groups -OCH3 is 1. The SMILES string of the molecule is CO[C@@H]1CN(C(=O)OC(C)(C)C)[C@@H]1C. The predicted molar refractivity (Wildman–Crippen MR) is 53.2 cm³/mol. The van der Waals surface area contributed by atoms with E-state index in [-0.39, 0.29) is 18.2 Å². The molecule has 0 aromatic heterocycles. The monoisotopic (exact) mass is 201 g/mol. The summed E-state index contributed by atoms with van der Waals surface area (Å²) in [5.41, 5.74) is -0.422. The molecule has 0 saturated carbocycles. The number of carbonyl (C=O) groups is 1. The molecule has 0 N–H and O–H groups in total. The summed E-state index contributed by atoms with van der Waals surface area (Å²) in [5.74, 6) is 0. The van der Waals surface area contributed by atoms with Crippen molar-refractivity contribution in [1.82, 2.24) is 4.90 Å². The van der Waals surface area contributed by atoms with E-state index in [2.05, 4.69) is 0 Å². The van der Waals surface area contributed by atoms with Gasteiger partial charge in [-0.25, -0.2) is 4.79 Å². The number of amides is 1. The van der Waals surface area contributed by atoms with Crippen LogP contribution in [0.15, 0.2) is 0 Å². The highest BCUT2D eigenvalue weighted by molar-refractivity contribution is 5.69. The van der Waals surface area contributed by atoms with Gasteiger partial charge in [-0.3, -0.25) is 0 Å². The first-order chi connectivity index (χ1) is 6.35. The van der Waals surface area contributed by atoms with Gasteiger partial charge in [0.1, 0.15) is 5.60 Å². The standard InChI is InChI=1S/C10H19NO3/c1-7-8(13-5)6-11(7)9(12)14-10(2,3)4/h7-8H,6H2,1-5H3/t7-,8-/m1/s1. The van der Waals surface area contributed by atoms with Crippen molar-refractivity contribution in [1.29, 1.82) is 0 Å². The van der Waals surface area contributed by atoms with E-state index >= 15 is 0 Å². The van der Waals surface area contributed by atoms with Gasteiger partial charge >= 0.3 is 6.09 Å². The molecule has 0 bridgehead atoms. The molecule has 1 amide bonds. The molecule has 0 radical (unpaired) electrons. The van der Waals surface area contributed by atoms with Gasteiger partial charge in [-0.1, -0.05) is 0 Å². The van der Waals surface area contributed by atoms with Crippen LogP contribution in [-0.4, -0.2) is 42.4 Å². The van der Waals surface area contributed by atoms with Crippen LogP contribution in [0.5, 0.6) is 0 Å². The molecule has 4 nitrogen and oxygen atoms in total. The average molecular weight is 201 g/mol. The Bertz CT molecular complexity index is 222. The summed E-state index contributed by atoms with van der Waals surface area (Å²) < 4.78 is 10.4. The first-order valence-electron chi connectivity index (χ1n) is 4.87. The summed E-state index contributed by atoms with van der Waals surface area (Å²) in [7, 11) is 1.66. The van der Waals surface area contributed by atoms with Crippen molar-refractivity contribution in [2.75, 3.05) is 13.7 Å². The maximum atomic E-state index is 11.6. The fraction of sp³-hybridized carbons (Fsp3) is 0.900. The van der Waals surface area contributed by atoms with E-state index in [1.165, 1.54) is 0 Å². The molecule has 0 aromatic carbocycles. The zero-order chi connectivity index (χ0) is 10.9. The third-order valence-corrected chi connectivity index (χ3v) is 2.34. The van der Waals surface area contributed by atoms with E-state index in [1.807, 2.05) is 27.7 Å². The molecule has 0 unspecified atom stereocenters. The second-order valence-corrected chi connectivity index (χ2v) is 4.65. The summed E-state index contributed by atoms with van der Waals surface area (Å²) in [4.78, 5) is 13.2. The van der Waals surface area contributed by atoms with Crippen LogP contribution in [0.4, 0.5) is 4.79 Å². The van der Waals surface area contributed by atoms with E-state index in [0.717, 1.165) is 0 Å². The Hall–Kier alpha value is -0.770. The third-order valence-electron chi connectivity index (χ3n) is 2.34. The lowest BCUT2D eigenvalue weighted by Crippen LogP contribution is -2.62. The number of ether oxygens (including phenoxy) is 2. The van der Waals surface area contributed by atoms with Crippen LogP contribution in [0.2, 0.25) is 0 Å². The minimum Gasteiger partial charge on any atom is -0.444 e. The van der Waals surface area contributed by atoms with E-state index in [4.69, 9.17) is 9.47 Å². The largest absolute Gasteiger partial charge is 0.444 e. The third kappa shape index (κ3) is 2.38. The van der Waals surface area contributed by atoms with Gasteiger partial charge in [-0.2, -0.15) is 0 Å². The quantitative estimate of drug-likeness (QED) is 0.647. The molecule has 0 aromatic rings. The van der Waals surface area contributed by atoms with E-state index in [0.29, 0.717) is 6.54 Å². The van der Waals surface area contributed by atoms with Gasteiger partial charge in [0.05, 0.1) is 18.7 Å². The molecule has 14 heavy (non-hydrogen) atoms. The summed E-state index contributed by atoms with van der Waals surface area (Å²) in [6, 6.07) is 0.120. The minimum atomic E-state index is -0.422. The average Bonchev–Trinajstić information content (AvgIpc) is 1.99. The topological polar surface area (TPSA) is 38.8 Å². The normalized spacial score (nSPS) is 27.1. The minimum absolute atomic E-state index is 0.120. The molecule has 1 rings (SSSR count). The molecular formula is C10H19NO3. The Balaban J connectivity index is 2.42. The number of carbonyl (C=O) groups excluding carboxylic acids is 1. The van der Waals surface area contributed by atoms with Crippen LogP contribution in [-0.2, 0) is 9.47 Å². The van der Waals surface area contributed by atoms with Crippen LogP contribution < -0.4 is 0 Å². The van der Waals surface area contributed by atoms with Crippen LogP contribution in [0.25, 0.3) is 0 Å². The van der Waals surface area contributed by atoms with Gasteiger partial charge in [0.25, 0.3) is 0 Å². The van der Waals surface area contributed by atoms with Gasteiger partial charge < -0.3 is 14.4 Å². The molecule has 82 valence electrons. The van der Waals surface area contributed by atoms with Crippen LogP contribution >= 0.6 is 0 Å². The number of rotatable bonds is 1. The number of likely N-dealkylation sites (tertiary alicyclic amines) is 1. The molecule has 0 spiro atoms. The van der Waals surface area contributed by atoms with E-state index in [9.17, 15) is 4.79 Å². The smallest absolute Gasteiger partial charge is 0.410 e.